The lowest BCUT2D eigenvalue weighted by molar-refractivity contribution is -0.233. The van der Waals surface area contributed by atoms with E-state index in [0.717, 1.165) is 38.9 Å². The number of rotatable bonds is 22. The predicted molar refractivity (Wildman–Crippen MR) is 261 cm³/mol. The molecule has 1 amide bonds. The van der Waals surface area contributed by atoms with E-state index in [9.17, 15) is 10.2 Å². The quantitative estimate of drug-likeness (QED) is 0.0652. The first-order valence-corrected chi connectivity index (χ1v) is 23.1. The van der Waals surface area contributed by atoms with Crippen LogP contribution in [0, 0.1) is 0 Å². The van der Waals surface area contributed by atoms with Crippen LogP contribution in [-0.2, 0) is 55.7 Å². The number of benzene rings is 7. The van der Waals surface area contributed by atoms with E-state index >= 15 is 4.79 Å². The van der Waals surface area contributed by atoms with Crippen LogP contribution in [-0.4, -0.2) is 89.2 Å². The average Bonchev–Trinajstić information content (AvgIpc) is 3.40. The van der Waals surface area contributed by atoms with Gasteiger partial charge in [-0.2, -0.15) is 0 Å². The third-order valence-electron chi connectivity index (χ3n) is 12.6. The van der Waals surface area contributed by atoms with E-state index in [1.165, 1.54) is 0 Å². The number of aliphatic hydroxyl groups excluding tert-OH is 1. The van der Waals surface area contributed by atoms with Gasteiger partial charge in [-0.1, -0.05) is 212 Å². The molecule has 344 valence electrons. The molecule has 4 atom stereocenters. The molecular weight excluding hydrogens is 837 g/mol. The van der Waals surface area contributed by atoms with Crippen molar-refractivity contribution < 1.29 is 34.0 Å². The summed E-state index contributed by atoms with van der Waals surface area (Å²) in [5.41, 5.74) is 4.12. The summed E-state index contributed by atoms with van der Waals surface area (Å²) in [6.07, 6.45) is -3.83. The van der Waals surface area contributed by atoms with E-state index in [-0.39, 0.29) is 38.9 Å². The van der Waals surface area contributed by atoms with Gasteiger partial charge in [0, 0.05) is 26.2 Å². The summed E-state index contributed by atoms with van der Waals surface area (Å²) in [5, 5.41) is 24.0. The summed E-state index contributed by atoms with van der Waals surface area (Å²) in [6.45, 7) is 1.15. The minimum absolute atomic E-state index is 0.0521. The molecule has 1 unspecified atom stereocenters. The molecule has 7 aromatic rings. The lowest BCUT2D eigenvalue weighted by Gasteiger charge is -2.49. The highest BCUT2D eigenvalue weighted by molar-refractivity contribution is 5.82. The molecule has 1 aliphatic rings. The zero-order chi connectivity index (χ0) is 46.2. The van der Waals surface area contributed by atoms with Crippen molar-refractivity contribution in [2.24, 2.45) is 0 Å². The Kier molecular flexibility index (Phi) is 16.5. The highest BCUT2D eigenvalue weighted by Gasteiger charge is 2.51. The smallest absolute Gasteiger partial charge is 0.254 e. The zero-order valence-electron chi connectivity index (χ0n) is 37.8. The molecule has 0 bridgehead atoms. The van der Waals surface area contributed by atoms with Crippen LogP contribution < -0.4 is 0 Å². The van der Waals surface area contributed by atoms with E-state index < -0.39 is 36.1 Å². The monoisotopic (exact) mass is 896 g/mol. The second kappa shape index (κ2) is 23.5. The van der Waals surface area contributed by atoms with Crippen LogP contribution in [0.5, 0.6) is 0 Å². The summed E-state index contributed by atoms with van der Waals surface area (Å²) in [7, 11) is 0. The summed E-state index contributed by atoms with van der Waals surface area (Å²) in [5.74, 6) is -0.308. The lowest BCUT2D eigenvalue weighted by Crippen LogP contribution is -2.64. The van der Waals surface area contributed by atoms with Gasteiger partial charge in [0.25, 0.3) is 5.91 Å². The molecule has 1 fully saturated rings. The van der Waals surface area contributed by atoms with E-state index in [1.807, 2.05) is 144 Å². The maximum atomic E-state index is 15.6. The largest absolute Gasteiger partial charge is 0.393 e. The zero-order valence-corrected chi connectivity index (χ0v) is 37.8. The average molecular weight is 897 g/mol. The van der Waals surface area contributed by atoms with Crippen LogP contribution in [0.15, 0.2) is 212 Å². The molecule has 1 heterocycles. The molecule has 0 aliphatic carbocycles. The van der Waals surface area contributed by atoms with E-state index in [1.54, 1.807) is 0 Å². The summed E-state index contributed by atoms with van der Waals surface area (Å²) < 4.78 is 26.6. The van der Waals surface area contributed by atoms with Crippen LogP contribution in [0.1, 0.15) is 38.9 Å². The third kappa shape index (κ3) is 11.6. The topological polar surface area (TPSA) is 101 Å². The van der Waals surface area contributed by atoms with Crippen molar-refractivity contribution in [3.8, 4) is 0 Å². The first kappa shape index (κ1) is 47.2. The number of ether oxygens (including phenoxy) is 4. The molecule has 1 saturated heterocycles. The van der Waals surface area contributed by atoms with Gasteiger partial charge in [0.15, 0.2) is 6.10 Å². The van der Waals surface area contributed by atoms with Crippen molar-refractivity contribution in [3.05, 3.63) is 251 Å². The number of hydrogen-bond donors (Lipinski definition) is 2. The highest BCUT2D eigenvalue weighted by atomic mass is 16.6. The maximum absolute atomic E-state index is 15.6. The van der Waals surface area contributed by atoms with Crippen LogP contribution in [0.4, 0.5) is 0 Å². The van der Waals surface area contributed by atoms with Crippen LogP contribution in [0.3, 0.4) is 0 Å². The van der Waals surface area contributed by atoms with Crippen molar-refractivity contribution in [2.45, 2.75) is 55.9 Å². The molecule has 9 nitrogen and oxygen atoms in total. The van der Waals surface area contributed by atoms with E-state index in [4.69, 9.17) is 18.9 Å². The standard InChI is InChI=1S/C58H60N2O7/c61-44-57(63,45-64-40-46-22-8-1-9-23-46)55(67-43-49-28-14-4-15-29-49)53(65-41-47-24-10-2-11-25-47)54(66-42-48-26-12-3-13-27-48)56(62)59-36-38-60(39-37-59)58(50-30-16-5-17-31-50,51-32-18-6-19-33-51)52-34-20-7-21-35-52/h1-35,53-55,61,63H,36-45H2/t53-,54-,55+,57?/m1/s1. The second-order valence-electron chi connectivity index (χ2n) is 17.1. The van der Waals surface area contributed by atoms with Crippen LogP contribution in [0.25, 0.3) is 0 Å². The summed E-state index contributed by atoms with van der Waals surface area (Å²) in [4.78, 5) is 19.9. The van der Waals surface area contributed by atoms with Gasteiger partial charge in [-0.25, -0.2) is 0 Å². The number of aliphatic hydroxyl groups is 2. The molecule has 0 radical (unpaired) electrons. The Morgan fingerprint density at radius 3 is 1.24 bits per heavy atom. The molecule has 9 heteroatoms. The van der Waals surface area contributed by atoms with Crippen LogP contribution >= 0.6 is 0 Å². The van der Waals surface area contributed by atoms with Gasteiger partial charge in [0.1, 0.15) is 17.8 Å². The van der Waals surface area contributed by atoms with Gasteiger partial charge in [-0.15, -0.1) is 0 Å². The first-order chi connectivity index (χ1) is 33.0. The minimum Gasteiger partial charge on any atom is -0.393 e. The minimum atomic E-state index is -2.04. The number of amides is 1. The fourth-order valence-corrected chi connectivity index (χ4v) is 9.15. The molecule has 8 rings (SSSR count). The van der Waals surface area contributed by atoms with Crippen molar-refractivity contribution in [1.29, 1.82) is 0 Å². The molecule has 67 heavy (non-hydrogen) atoms. The Labute approximate surface area is 394 Å². The van der Waals surface area contributed by atoms with Gasteiger partial charge in [0.2, 0.25) is 0 Å². The van der Waals surface area contributed by atoms with Crippen LogP contribution in [0.2, 0.25) is 0 Å². The van der Waals surface area contributed by atoms with Gasteiger partial charge >= 0.3 is 0 Å². The van der Waals surface area contributed by atoms with Gasteiger partial charge in [0.05, 0.1) is 45.2 Å². The number of carbonyl (C=O) groups is 1. The van der Waals surface area contributed by atoms with Gasteiger partial charge < -0.3 is 34.1 Å². The number of carbonyl (C=O) groups excluding carboxylic acids is 1. The SMILES string of the molecule is O=C([C@H](OCc1ccccc1)[C@@H](OCc1ccccc1)[C@H](OCc1ccccc1)C(O)(CO)COCc1ccccc1)N1CCN(C(c2ccccc2)(c2ccccc2)c2ccccc2)CC1. The number of hydrogen-bond acceptors (Lipinski definition) is 8. The Bertz CT molecular complexity index is 2400. The van der Waals surface area contributed by atoms with E-state index in [2.05, 4.69) is 77.7 Å². The van der Waals surface area contributed by atoms with Gasteiger partial charge in [-0.05, 0) is 38.9 Å². The summed E-state index contributed by atoms with van der Waals surface area (Å²) >= 11 is 0. The third-order valence-corrected chi connectivity index (χ3v) is 12.6. The lowest BCUT2D eigenvalue weighted by atomic mass is 9.75. The maximum Gasteiger partial charge on any atom is 0.254 e. The Morgan fingerprint density at radius 1 is 0.478 bits per heavy atom. The van der Waals surface area contributed by atoms with Gasteiger partial charge in [-0.3, -0.25) is 9.69 Å². The highest BCUT2D eigenvalue weighted by Crippen LogP contribution is 2.43. The molecular formula is C58H60N2O7. The predicted octanol–water partition coefficient (Wildman–Crippen LogP) is 8.82. The van der Waals surface area contributed by atoms with Crippen molar-refractivity contribution in [2.75, 3.05) is 39.4 Å². The Hall–Kier alpha value is -6.27. The van der Waals surface area contributed by atoms with E-state index in [0.29, 0.717) is 26.2 Å². The molecule has 0 aromatic heterocycles. The molecule has 2 N–H and O–H groups in total. The number of nitrogens with zero attached hydrogens (tertiary/aromatic N) is 2. The first-order valence-electron chi connectivity index (χ1n) is 23.1. The molecule has 0 saturated carbocycles. The fraction of sp³-hybridized carbons (Fsp3) is 0.259. The summed E-state index contributed by atoms with van der Waals surface area (Å²) in [6, 6.07) is 70.2. The number of piperazine rings is 1. The van der Waals surface area contributed by atoms with Crippen molar-refractivity contribution in [1.82, 2.24) is 9.80 Å². The second-order valence-corrected chi connectivity index (χ2v) is 17.1. The molecule has 7 aromatic carbocycles. The normalized spacial score (nSPS) is 15.6. The van der Waals surface area contributed by atoms with Crippen molar-refractivity contribution >= 4 is 5.91 Å². The Balaban J connectivity index is 1.16. The fourth-order valence-electron chi connectivity index (χ4n) is 9.15. The molecule has 1 aliphatic heterocycles. The molecule has 0 spiro atoms. The van der Waals surface area contributed by atoms with Crippen molar-refractivity contribution in [3.63, 3.8) is 0 Å². The Morgan fingerprint density at radius 2 is 0.836 bits per heavy atom.